The fourth-order valence-electron chi connectivity index (χ4n) is 5.13. The third-order valence-corrected chi connectivity index (χ3v) is 7.75. The lowest BCUT2D eigenvalue weighted by Crippen LogP contribution is -2.50. The highest BCUT2D eigenvalue weighted by atomic mass is 35.5. The molecule has 2 heterocycles. The normalized spacial score (nSPS) is 20.9. The Morgan fingerprint density at radius 2 is 1.88 bits per heavy atom. The van der Waals surface area contributed by atoms with Gasteiger partial charge in [-0.1, -0.05) is 60.8 Å². The summed E-state index contributed by atoms with van der Waals surface area (Å²) >= 11 is 7.73. The van der Waals surface area contributed by atoms with Crippen molar-refractivity contribution in [3.8, 4) is 0 Å². The fraction of sp³-hybridized carbons (Fsp3) is 0.308. The summed E-state index contributed by atoms with van der Waals surface area (Å²) in [6.07, 6.45) is 4.23. The van der Waals surface area contributed by atoms with Gasteiger partial charge in [-0.15, -0.1) is 11.3 Å². The van der Waals surface area contributed by atoms with E-state index in [-0.39, 0.29) is 23.9 Å². The molecule has 32 heavy (non-hydrogen) atoms. The molecule has 0 saturated heterocycles. The van der Waals surface area contributed by atoms with Gasteiger partial charge in [0, 0.05) is 28.0 Å². The topological polar surface area (TPSA) is 49.4 Å². The minimum Gasteiger partial charge on any atom is -0.351 e. The lowest BCUT2D eigenvalue weighted by molar-refractivity contribution is -0.124. The van der Waals surface area contributed by atoms with Crippen molar-refractivity contribution in [2.24, 2.45) is 0 Å². The average molecular weight is 465 g/mol. The van der Waals surface area contributed by atoms with Crippen molar-refractivity contribution in [1.82, 2.24) is 10.2 Å². The number of thiophene rings is 1. The molecule has 0 unspecified atom stereocenters. The molecule has 1 aliphatic heterocycles. The van der Waals surface area contributed by atoms with Crippen LogP contribution in [0.25, 0.3) is 0 Å². The summed E-state index contributed by atoms with van der Waals surface area (Å²) in [6, 6.07) is 19.0. The predicted molar refractivity (Wildman–Crippen MR) is 128 cm³/mol. The molecule has 0 radical (unpaired) electrons. The SMILES string of the molecule is O=C(NCc1cccc(Cl)c1)[C@H]1c2ccccc2C(=O)N(C2CCCC2)[C@H]1c1cccs1. The number of carbonyl (C=O) groups excluding carboxylic acids is 2. The van der Waals surface area contributed by atoms with E-state index in [2.05, 4.69) is 11.4 Å². The molecule has 1 aromatic heterocycles. The summed E-state index contributed by atoms with van der Waals surface area (Å²) in [4.78, 5) is 30.5. The van der Waals surface area contributed by atoms with Crippen LogP contribution in [0.4, 0.5) is 0 Å². The standard InChI is InChI=1S/C26H25ClN2O2S/c27-18-8-5-7-17(15-18)16-28-25(30)23-20-11-3-4-12-21(20)26(31)29(19-9-1-2-10-19)24(23)22-13-6-14-32-22/h3-8,11-15,19,23-24H,1-2,9-10,16H2,(H,28,30)/t23-,24-/m0/s1. The quantitative estimate of drug-likeness (QED) is 0.507. The summed E-state index contributed by atoms with van der Waals surface area (Å²) in [5, 5.41) is 5.79. The van der Waals surface area contributed by atoms with Crippen molar-refractivity contribution in [3.63, 3.8) is 0 Å². The van der Waals surface area contributed by atoms with E-state index < -0.39 is 5.92 Å². The van der Waals surface area contributed by atoms with Gasteiger partial charge in [0.1, 0.15) is 0 Å². The molecule has 0 bridgehead atoms. The van der Waals surface area contributed by atoms with Crippen LogP contribution >= 0.6 is 22.9 Å². The maximum absolute atomic E-state index is 13.7. The number of carbonyl (C=O) groups is 2. The highest BCUT2D eigenvalue weighted by molar-refractivity contribution is 7.10. The molecule has 3 aromatic rings. The van der Waals surface area contributed by atoms with Crippen LogP contribution < -0.4 is 5.32 Å². The van der Waals surface area contributed by atoms with Crippen LogP contribution in [0.15, 0.2) is 66.0 Å². The van der Waals surface area contributed by atoms with Gasteiger partial charge in [0.05, 0.1) is 12.0 Å². The zero-order valence-electron chi connectivity index (χ0n) is 17.7. The molecular formula is C26H25ClN2O2S. The van der Waals surface area contributed by atoms with Gasteiger partial charge in [-0.2, -0.15) is 0 Å². The Kier molecular flexibility index (Phi) is 6.03. The van der Waals surface area contributed by atoms with Crippen LogP contribution in [0.1, 0.15) is 64.0 Å². The number of nitrogens with zero attached hydrogens (tertiary/aromatic N) is 1. The number of fused-ring (bicyclic) bond motifs is 1. The number of benzene rings is 2. The number of rotatable bonds is 5. The Morgan fingerprint density at radius 1 is 1.06 bits per heavy atom. The van der Waals surface area contributed by atoms with Gasteiger partial charge >= 0.3 is 0 Å². The third kappa shape index (κ3) is 3.96. The summed E-state index contributed by atoms with van der Waals surface area (Å²) in [5.74, 6) is -0.474. The number of nitrogens with one attached hydrogen (secondary N) is 1. The van der Waals surface area contributed by atoms with Crippen LogP contribution in [0, 0.1) is 0 Å². The van der Waals surface area contributed by atoms with E-state index in [1.807, 2.05) is 64.9 Å². The number of amides is 2. The second-order valence-electron chi connectivity index (χ2n) is 8.52. The zero-order chi connectivity index (χ0) is 22.1. The summed E-state index contributed by atoms with van der Waals surface area (Å²) in [5.41, 5.74) is 2.41. The van der Waals surface area contributed by atoms with E-state index >= 15 is 0 Å². The molecule has 2 aliphatic rings. The van der Waals surface area contributed by atoms with Crippen molar-refractivity contribution in [2.45, 2.75) is 50.2 Å². The van der Waals surface area contributed by atoms with E-state index in [4.69, 9.17) is 11.6 Å². The summed E-state index contributed by atoms with van der Waals surface area (Å²) in [6.45, 7) is 0.395. The lowest BCUT2D eigenvalue weighted by Gasteiger charge is -2.44. The Labute approximate surface area is 197 Å². The lowest BCUT2D eigenvalue weighted by atomic mass is 9.80. The summed E-state index contributed by atoms with van der Waals surface area (Å²) in [7, 11) is 0. The summed E-state index contributed by atoms with van der Waals surface area (Å²) < 4.78 is 0. The first-order valence-corrected chi connectivity index (χ1v) is 12.4. The van der Waals surface area contributed by atoms with Crippen molar-refractivity contribution >= 4 is 34.8 Å². The molecule has 1 saturated carbocycles. The van der Waals surface area contributed by atoms with Crippen LogP contribution in [-0.4, -0.2) is 22.8 Å². The average Bonchev–Trinajstić information content (AvgIpc) is 3.52. The Hall–Kier alpha value is -2.63. The zero-order valence-corrected chi connectivity index (χ0v) is 19.2. The van der Waals surface area contributed by atoms with Gasteiger partial charge in [0.2, 0.25) is 5.91 Å². The number of hydrogen-bond acceptors (Lipinski definition) is 3. The Bertz CT molecular complexity index is 1120. The smallest absolute Gasteiger partial charge is 0.254 e. The molecular weight excluding hydrogens is 440 g/mol. The first-order chi connectivity index (χ1) is 15.6. The molecule has 1 N–H and O–H groups in total. The van der Waals surface area contributed by atoms with Gasteiger partial charge < -0.3 is 10.2 Å². The van der Waals surface area contributed by atoms with E-state index in [1.165, 1.54) is 0 Å². The van der Waals surface area contributed by atoms with Gasteiger partial charge in [0.25, 0.3) is 5.91 Å². The van der Waals surface area contributed by atoms with Crippen molar-refractivity contribution in [3.05, 3.63) is 92.6 Å². The molecule has 164 valence electrons. The van der Waals surface area contributed by atoms with Gasteiger partial charge in [0.15, 0.2) is 0 Å². The monoisotopic (exact) mass is 464 g/mol. The second-order valence-corrected chi connectivity index (χ2v) is 9.94. The minimum atomic E-state index is -0.456. The van der Waals surface area contributed by atoms with Crippen LogP contribution in [0.2, 0.25) is 5.02 Å². The van der Waals surface area contributed by atoms with Crippen LogP contribution in [0.5, 0.6) is 0 Å². The molecule has 6 heteroatoms. The highest BCUT2D eigenvalue weighted by Gasteiger charge is 2.47. The first kappa shape index (κ1) is 21.2. The number of halogens is 1. The van der Waals surface area contributed by atoms with Gasteiger partial charge in [-0.25, -0.2) is 0 Å². The predicted octanol–water partition coefficient (Wildman–Crippen LogP) is 5.94. The third-order valence-electron chi connectivity index (χ3n) is 6.57. The maximum atomic E-state index is 13.7. The second kappa shape index (κ2) is 9.08. The molecule has 2 aromatic carbocycles. The first-order valence-electron chi connectivity index (χ1n) is 11.1. The Balaban J connectivity index is 1.54. The van der Waals surface area contributed by atoms with E-state index in [9.17, 15) is 9.59 Å². The molecule has 2 amide bonds. The van der Waals surface area contributed by atoms with E-state index in [1.54, 1.807) is 11.3 Å². The van der Waals surface area contributed by atoms with Crippen molar-refractivity contribution in [2.75, 3.05) is 0 Å². The van der Waals surface area contributed by atoms with Crippen LogP contribution in [0.3, 0.4) is 0 Å². The number of hydrogen-bond donors (Lipinski definition) is 1. The maximum Gasteiger partial charge on any atom is 0.254 e. The molecule has 4 nitrogen and oxygen atoms in total. The molecule has 5 rings (SSSR count). The molecule has 2 atom stereocenters. The largest absolute Gasteiger partial charge is 0.351 e. The van der Waals surface area contributed by atoms with Crippen LogP contribution in [-0.2, 0) is 11.3 Å². The Morgan fingerprint density at radius 3 is 2.62 bits per heavy atom. The van der Waals surface area contributed by atoms with E-state index in [0.717, 1.165) is 41.7 Å². The highest BCUT2D eigenvalue weighted by Crippen LogP contribution is 2.47. The molecule has 0 spiro atoms. The van der Waals surface area contributed by atoms with Gasteiger partial charge in [-0.05, 0) is 53.6 Å². The van der Waals surface area contributed by atoms with Crippen molar-refractivity contribution in [1.29, 1.82) is 0 Å². The minimum absolute atomic E-state index is 0.0461. The molecule has 1 fully saturated rings. The van der Waals surface area contributed by atoms with E-state index in [0.29, 0.717) is 17.1 Å². The van der Waals surface area contributed by atoms with Crippen molar-refractivity contribution < 1.29 is 9.59 Å². The van der Waals surface area contributed by atoms with Gasteiger partial charge in [-0.3, -0.25) is 9.59 Å². The fourth-order valence-corrected chi connectivity index (χ4v) is 6.20. The molecule has 1 aliphatic carbocycles.